The highest BCUT2D eigenvalue weighted by Gasteiger charge is 2.21. The van der Waals surface area contributed by atoms with Crippen LogP contribution in [0.15, 0.2) is 42.5 Å². The van der Waals surface area contributed by atoms with Gasteiger partial charge in [0.05, 0.1) is 24.4 Å². The largest absolute Gasteiger partial charge is 0.481 e. The van der Waals surface area contributed by atoms with Gasteiger partial charge in [0, 0.05) is 25.2 Å². The second-order valence-electron chi connectivity index (χ2n) is 11.8. The zero-order valence-electron chi connectivity index (χ0n) is 25.9. The zero-order chi connectivity index (χ0) is 31.1. The van der Waals surface area contributed by atoms with Gasteiger partial charge in [0.15, 0.2) is 0 Å². The van der Waals surface area contributed by atoms with E-state index < -0.39 is 5.97 Å². The van der Waals surface area contributed by atoms with Crippen LogP contribution in [0.25, 0.3) is 0 Å². The van der Waals surface area contributed by atoms with Crippen molar-refractivity contribution >= 4 is 35.0 Å². The van der Waals surface area contributed by atoms with E-state index >= 15 is 0 Å². The number of ether oxygens (including phenoxy) is 1. The molecule has 0 aliphatic carbocycles. The SMILES string of the molecule is Cc1ccc(NC(=O)Nc2cc(C(CCCOC(=O)CCCCN)CC(=O)O)ccc2N(CC(C)C)CC(C)C)cc1. The molecular weight excluding hydrogens is 532 g/mol. The third-order valence-corrected chi connectivity index (χ3v) is 6.78. The number of urea groups is 1. The number of benzene rings is 2. The van der Waals surface area contributed by atoms with Gasteiger partial charge in [0.1, 0.15) is 0 Å². The van der Waals surface area contributed by atoms with Crippen molar-refractivity contribution in [2.45, 2.75) is 79.1 Å². The lowest BCUT2D eigenvalue weighted by Crippen LogP contribution is -2.32. The first-order valence-electron chi connectivity index (χ1n) is 15.1. The molecule has 2 rings (SSSR count). The minimum absolute atomic E-state index is 0.0690. The highest BCUT2D eigenvalue weighted by Crippen LogP contribution is 2.34. The molecule has 0 fully saturated rings. The number of hydrogen-bond donors (Lipinski definition) is 4. The molecule has 9 nitrogen and oxygen atoms in total. The lowest BCUT2D eigenvalue weighted by molar-refractivity contribution is -0.144. The van der Waals surface area contributed by atoms with E-state index in [4.69, 9.17) is 10.5 Å². The Labute approximate surface area is 251 Å². The van der Waals surface area contributed by atoms with E-state index in [9.17, 15) is 19.5 Å². The molecule has 0 bridgehead atoms. The molecule has 2 amide bonds. The average Bonchev–Trinajstić information content (AvgIpc) is 2.90. The summed E-state index contributed by atoms with van der Waals surface area (Å²) in [6, 6.07) is 13.0. The van der Waals surface area contributed by atoms with Gasteiger partial charge < -0.3 is 31.1 Å². The Morgan fingerprint density at radius 2 is 1.60 bits per heavy atom. The smallest absolute Gasteiger partial charge is 0.323 e. The Hall–Kier alpha value is -3.59. The molecule has 0 heterocycles. The first-order chi connectivity index (χ1) is 20.0. The van der Waals surface area contributed by atoms with Crippen LogP contribution in [0.5, 0.6) is 0 Å². The number of anilines is 3. The van der Waals surface area contributed by atoms with Gasteiger partial charge in [-0.05, 0) is 86.7 Å². The van der Waals surface area contributed by atoms with Crippen LogP contribution in [0.2, 0.25) is 0 Å². The summed E-state index contributed by atoms with van der Waals surface area (Å²) in [6.07, 6.45) is 2.79. The van der Waals surface area contributed by atoms with Crippen LogP contribution in [-0.4, -0.2) is 49.3 Å². The van der Waals surface area contributed by atoms with Gasteiger partial charge >= 0.3 is 18.0 Å². The summed E-state index contributed by atoms with van der Waals surface area (Å²) in [7, 11) is 0. The minimum atomic E-state index is -0.907. The monoisotopic (exact) mass is 582 g/mol. The molecule has 9 heteroatoms. The molecular formula is C33H50N4O5. The molecule has 1 unspecified atom stereocenters. The van der Waals surface area contributed by atoms with Crippen molar-refractivity contribution in [3.05, 3.63) is 53.6 Å². The lowest BCUT2D eigenvalue weighted by Gasteiger charge is -2.31. The Kier molecular flexibility index (Phi) is 14.9. The summed E-state index contributed by atoms with van der Waals surface area (Å²) in [6.45, 7) is 13.0. The fourth-order valence-corrected chi connectivity index (χ4v) is 4.86. The number of aryl methyl sites for hydroxylation is 1. The van der Waals surface area contributed by atoms with Gasteiger partial charge in [0.2, 0.25) is 0 Å². The number of rotatable bonds is 18. The van der Waals surface area contributed by atoms with Gasteiger partial charge in [0.25, 0.3) is 0 Å². The molecule has 5 N–H and O–H groups in total. The van der Waals surface area contributed by atoms with Crippen LogP contribution in [0.3, 0.4) is 0 Å². The Morgan fingerprint density at radius 3 is 2.19 bits per heavy atom. The second kappa shape index (κ2) is 18.1. The first-order valence-corrected chi connectivity index (χ1v) is 15.1. The van der Waals surface area contributed by atoms with Crippen LogP contribution in [0.1, 0.15) is 83.3 Å². The molecule has 2 aromatic rings. The predicted octanol–water partition coefficient (Wildman–Crippen LogP) is 6.77. The molecule has 0 spiro atoms. The molecule has 0 saturated heterocycles. The van der Waals surface area contributed by atoms with Crippen molar-refractivity contribution in [2.24, 2.45) is 17.6 Å². The lowest BCUT2D eigenvalue weighted by atomic mass is 9.90. The molecule has 0 aliphatic heterocycles. The molecule has 42 heavy (non-hydrogen) atoms. The number of nitrogens with two attached hydrogens (primary N) is 1. The fraction of sp³-hybridized carbons (Fsp3) is 0.545. The van der Waals surface area contributed by atoms with Crippen molar-refractivity contribution in [1.82, 2.24) is 0 Å². The predicted molar refractivity (Wildman–Crippen MR) is 170 cm³/mol. The van der Waals surface area contributed by atoms with E-state index in [1.165, 1.54) is 0 Å². The maximum atomic E-state index is 13.1. The Balaban J connectivity index is 2.30. The highest BCUT2D eigenvalue weighted by atomic mass is 16.5. The van der Waals surface area contributed by atoms with E-state index in [2.05, 4.69) is 43.2 Å². The van der Waals surface area contributed by atoms with Crippen LogP contribution < -0.4 is 21.3 Å². The van der Waals surface area contributed by atoms with Crippen LogP contribution >= 0.6 is 0 Å². The summed E-state index contributed by atoms with van der Waals surface area (Å²) in [5, 5.41) is 15.6. The van der Waals surface area contributed by atoms with Crippen molar-refractivity contribution < 1.29 is 24.2 Å². The summed E-state index contributed by atoms with van der Waals surface area (Å²) in [5.74, 6) is -0.678. The molecule has 0 aliphatic rings. The maximum Gasteiger partial charge on any atom is 0.323 e. The van der Waals surface area contributed by atoms with Crippen LogP contribution in [0.4, 0.5) is 21.9 Å². The molecule has 0 radical (unpaired) electrons. The van der Waals surface area contributed by atoms with Crippen LogP contribution in [0, 0.1) is 18.8 Å². The van der Waals surface area contributed by atoms with Crippen molar-refractivity contribution in [3.8, 4) is 0 Å². The number of carbonyl (C=O) groups excluding carboxylic acids is 2. The van der Waals surface area contributed by atoms with Crippen molar-refractivity contribution in [3.63, 3.8) is 0 Å². The van der Waals surface area contributed by atoms with E-state index in [0.717, 1.165) is 36.3 Å². The maximum absolute atomic E-state index is 13.1. The normalized spacial score (nSPS) is 11.8. The summed E-state index contributed by atoms with van der Waals surface area (Å²) in [4.78, 5) is 39.1. The standard InChI is InChI=1S/C33H50N4O5/c1-23(2)21-37(22-24(3)4)30-16-13-27(19-29(30)36-33(41)35-28-14-11-25(5)12-15-28)26(20-31(38)39)9-8-18-42-32(40)10-6-7-17-34/h11-16,19,23-24,26H,6-10,17-18,20-22,34H2,1-5H3,(H,38,39)(H2,35,36,41). The minimum Gasteiger partial charge on any atom is -0.481 e. The van der Waals surface area contributed by atoms with E-state index in [0.29, 0.717) is 55.4 Å². The van der Waals surface area contributed by atoms with E-state index in [1.54, 1.807) is 0 Å². The average molecular weight is 583 g/mol. The molecule has 0 saturated carbocycles. The number of esters is 1. The van der Waals surface area contributed by atoms with Crippen molar-refractivity contribution in [2.75, 3.05) is 41.8 Å². The molecule has 1 atom stereocenters. The van der Waals surface area contributed by atoms with Crippen LogP contribution in [-0.2, 0) is 14.3 Å². The van der Waals surface area contributed by atoms with Gasteiger partial charge in [-0.3, -0.25) is 9.59 Å². The van der Waals surface area contributed by atoms with E-state index in [-0.39, 0.29) is 30.9 Å². The Morgan fingerprint density at radius 1 is 0.929 bits per heavy atom. The number of carboxylic acids is 1. The summed E-state index contributed by atoms with van der Waals surface area (Å²) >= 11 is 0. The zero-order valence-corrected chi connectivity index (χ0v) is 25.9. The highest BCUT2D eigenvalue weighted by molar-refractivity contribution is 6.02. The quantitative estimate of drug-likeness (QED) is 0.113. The number of carbonyl (C=O) groups is 3. The number of amides is 2. The third-order valence-electron chi connectivity index (χ3n) is 6.78. The van der Waals surface area contributed by atoms with Gasteiger partial charge in [-0.1, -0.05) is 51.5 Å². The topological polar surface area (TPSA) is 134 Å². The van der Waals surface area contributed by atoms with Gasteiger partial charge in [-0.15, -0.1) is 0 Å². The second-order valence-corrected chi connectivity index (χ2v) is 11.8. The Bertz CT molecular complexity index is 1120. The number of nitrogens with zero attached hydrogens (tertiary/aromatic N) is 1. The molecule has 0 aromatic heterocycles. The van der Waals surface area contributed by atoms with E-state index in [1.807, 2.05) is 49.4 Å². The summed E-state index contributed by atoms with van der Waals surface area (Å²) < 4.78 is 5.35. The number of nitrogens with one attached hydrogen (secondary N) is 2. The van der Waals surface area contributed by atoms with Gasteiger partial charge in [-0.2, -0.15) is 0 Å². The number of hydrogen-bond acceptors (Lipinski definition) is 6. The number of aliphatic carboxylic acids is 1. The number of unbranched alkanes of at least 4 members (excludes halogenated alkanes) is 1. The van der Waals surface area contributed by atoms with Crippen molar-refractivity contribution in [1.29, 1.82) is 0 Å². The number of carboxylic acid groups (broad SMARTS) is 1. The summed E-state index contributed by atoms with van der Waals surface area (Å²) in [5.41, 5.74) is 9.59. The molecule has 232 valence electrons. The fourth-order valence-electron chi connectivity index (χ4n) is 4.86. The first kappa shape index (κ1) is 34.6. The van der Waals surface area contributed by atoms with Gasteiger partial charge in [-0.25, -0.2) is 4.79 Å². The third kappa shape index (κ3) is 12.9. The molecule has 2 aromatic carbocycles.